The average Bonchev–Trinajstić information content (AvgIpc) is 3.32. The van der Waals surface area contributed by atoms with Crippen LogP contribution >= 0.6 is 0 Å². The molecular weight excluding hydrogens is 419 g/mol. The molecule has 168 valence electrons. The normalized spacial score (nSPS) is 22.8. The number of rotatable bonds is 3. The Kier molecular flexibility index (Phi) is 6.84. The monoisotopic (exact) mass is 441 g/mol. The Bertz CT molecular complexity index is 903. The first kappa shape index (κ1) is 22.6. The van der Waals surface area contributed by atoms with Crippen molar-refractivity contribution in [2.75, 3.05) is 13.2 Å². The number of alkyl halides is 3. The molecule has 11 heteroatoms. The second-order valence-electron chi connectivity index (χ2n) is 7.13. The van der Waals surface area contributed by atoms with E-state index >= 15 is 0 Å². The van der Waals surface area contributed by atoms with Crippen molar-refractivity contribution in [2.24, 2.45) is 7.05 Å². The first-order chi connectivity index (χ1) is 14.7. The Hall–Kier alpha value is -3.08. The molecule has 4 rings (SSSR count). The number of fused-ring (bicyclic) bond motifs is 1. The Morgan fingerprint density at radius 1 is 1.26 bits per heavy atom. The molecule has 2 aliphatic rings. The highest BCUT2D eigenvalue weighted by Gasteiger charge is 2.48. The van der Waals surface area contributed by atoms with Gasteiger partial charge in [-0.3, -0.25) is 4.79 Å². The summed E-state index contributed by atoms with van der Waals surface area (Å²) in [4.78, 5) is 28.0. The van der Waals surface area contributed by atoms with Gasteiger partial charge in [-0.05, 0) is 31.0 Å². The molecule has 2 saturated heterocycles. The highest BCUT2D eigenvalue weighted by atomic mass is 19.4. The third-order valence-electron chi connectivity index (χ3n) is 5.05. The van der Waals surface area contributed by atoms with Crippen LogP contribution in [0.3, 0.4) is 0 Å². The Balaban J connectivity index is 0.000000339. The number of pyridine rings is 1. The molecule has 1 N–H and O–H groups in total. The largest absolute Gasteiger partial charge is 0.490 e. The summed E-state index contributed by atoms with van der Waals surface area (Å²) in [6.45, 7) is 1.24. The van der Waals surface area contributed by atoms with Gasteiger partial charge in [0.05, 0.1) is 12.6 Å². The zero-order valence-electron chi connectivity index (χ0n) is 16.7. The highest BCUT2D eigenvalue weighted by Crippen LogP contribution is 2.32. The summed E-state index contributed by atoms with van der Waals surface area (Å²) < 4.78 is 45.6. The van der Waals surface area contributed by atoms with Gasteiger partial charge in [0.2, 0.25) is 5.88 Å². The van der Waals surface area contributed by atoms with Gasteiger partial charge >= 0.3 is 12.1 Å². The molecule has 8 nitrogen and oxygen atoms in total. The molecule has 2 fully saturated rings. The van der Waals surface area contributed by atoms with Crippen molar-refractivity contribution in [2.45, 2.75) is 37.3 Å². The molecule has 0 aromatic carbocycles. The van der Waals surface area contributed by atoms with E-state index in [0.29, 0.717) is 18.1 Å². The maximum Gasteiger partial charge on any atom is 0.490 e. The van der Waals surface area contributed by atoms with Gasteiger partial charge in [0.1, 0.15) is 17.9 Å². The van der Waals surface area contributed by atoms with Gasteiger partial charge in [0.25, 0.3) is 5.91 Å². The Morgan fingerprint density at radius 2 is 2.00 bits per heavy atom. The van der Waals surface area contributed by atoms with Gasteiger partial charge in [-0.2, -0.15) is 13.2 Å². The highest BCUT2D eigenvalue weighted by molar-refractivity contribution is 5.93. The zero-order valence-corrected chi connectivity index (χ0v) is 16.7. The molecule has 3 atom stereocenters. The molecule has 2 aliphatic heterocycles. The number of hydrogen-bond acceptors (Lipinski definition) is 5. The molecule has 1 amide bonds. The number of ether oxygens (including phenoxy) is 2. The lowest BCUT2D eigenvalue weighted by molar-refractivity contribution is -0.192. The van der Waals surface area contributed by atoms with Gasteiger partial charge in [-0.15, -0.1) is 0 Å². The van der Waals surface area contributed by atoms with Crippen molar-refractivity contribution >= 4 is 11.9 Å². The van der Waals surface area contributed by atoms with E-state index in [1.54, 1.807) is 6.20 Å². The quantitative estimate of drug-likeness (QED) is 0.787. The van der Waals surface area contributed by atoms with Crippen molar-refractivity contribution in [1.82, 2.24) is 14.5 Å². The van der Waals surface area contributed by atoms with E-state index in [1.807, 2.05) is 53.0 Å². The molecule has 0 bridgehead atoms. The van der Waals surface area contributed by atoms with Gasteiger partial charge in [0.15, 0.2) is 0 Å². The lowest BCUT2D eigenvalue weighted by atomic mass is 10.0. The van der Waals surface area contributed by atoms with Crippen LogP contribution in [0.25, 0.3) is 0 Å². The average molecular weight is 441 g/mol. The molecule has 31 heavy (non-hydrogen) atoms. The number of likely N-dealkylation sites (tertiary alicyclic amines) is 1. The number of aryl methyl sites for hydroxylation is 1. The number of carbonyl (C=O) groups is 2. The number of aliphatic carboxylic acids is 1. The van der Waals surface area contributed by atoms with E-state index in [1.165, 1.54) is 0 Å². The van der Waals surface area contributed by atoms with Crippen molar-refractivity contribution in [3.63, 3.8) is 0 Å². The molecule has 0 unspecified atom stereocenters. The molecular formula is C20H22F3N3O5. The number of carboxylic acids is 1. The lowest BCUT2D eigenvalue weighted by Crippen LogP contribution is -2.44. The number of carbonyl (C=O) groups excluding carboxylic acids is 1. The molecule has 0 aliphatic carbocycles. The van der Waals surface area contributed by atoms with E-state index in [2.05, 4.69) is 4.98 Å². The van der Waals surface area contributed by atoms with Crippen molar-refractivity contribution in [3.05, 3.63) is 48.4 Å². The predicted octanol–water partition coefficient (Wildman–Crippen LogP) is 2.50. The van der Waals surface area contributed by atoms with E-state index in [9.17, 15) is 18.0 Å². The van der Waals surface area contributed by atoms with Crippen LogP contribution in [0.2, 0.25) is 0 Å². The third-order valence-corrected chi connectivity index (χ3v) is 5.05. The van der Waals surface area contributed by atoms with E-state index in [-0.39, 0.29) is 24.2 Å². The molecule has 0 saturated carbocycles. The number of aromatic nitrogens is 2. The van der Waals surface area contributed by atoms with Gasteiger partial charge < -0.3 is 24.0 Å². The zero-order chi connectivity index (χ0) is 22.6. The fraction of sp³-hybridized carbons (Fsp3) is 0.450. The number of amides is 1. The fourth-order valence-corrected chi connectivity index (χ4v) is 3.65. The molecule has 0 spiro atoms. The van der Waals surface area contributed by atoms with E-state index < -0.39 is 12.1 Å². The smallest absolute Gasteiger partial charge is 0.475 e. The summed E-state index contributed by atoms with van der Waals surface area (Å²) in [5.74, 6) is -2.15. The second-order valence-corrected chi connectivity index (χ2v) is 7.13. The topological polar surface area (TPSA) is 93.9 Å². The van der Waals surface area contributed by atoms with Crippen LogP contribution in [0.1, 0.15) is 23.3 Å². The van der Waals surface area contributed by atoms with Crippen LogP contribution in [0, 0.1) is 0 Å². The first-order valence-electron chi connectivity index (χ1n) is 9.60. The first-order valence-corrected chi connectivity index (χ1v) is 9.60. The number of hydrogen-bond donors (Lipinski definition) is 1. The van der Waals surface area contributed by atoms with Crippen LogP contribution in [0.5, 0.6) is 5.88 Å². The maximum absolute atomic E-state index is 13.0. The molecule has 2 aromatic rings. The molecule has 2 aromatic heterocycles. The summed E-state index contributed by atoms with van der Waals surface area (Å²) in [6, 6.07) is 9.39. The SMILES string of the molecule is Cn1cccc1C(=O)N1C[C@H](Oc2ccccn2)[C@H]2OCCC[C@H]21.O=C(O)C(F)(F)F. The van der Waals surface area contributed by atoms with Crippen molar-refractivity contribution in [3.8, 4) is 5.88 Å². The van der Waals surface area contributed by atoms with Crippen molar-refractivity contribution in [1.29, 1.82) is 0 Å². The third kappa shape index (κ3) is 5.35. The minimum absolute atomic E-state index is 0.0371. The predicted molar refractivity (Wildman–Crippen MR) is 102 cm³/mol. The van der Waals surface area contributed by atoms with Crippen LogP contribution in [0.4, 0.5) is 13.2 Å². The molecule has 0 radical (unpaired) electrons. The summed E-state index contributed by atoms with van der Waals surface area (Å²) in [5.41, 5.74) is 0.692. The minimum atomic E-state index is -5.08. The number of nitrogens with zero attached hydrogens (tertiary/aromatic N) is 3. The summed E-state index contributed by atoms with van der Waals surface area (Å²) >= 11 is 0. The maximum atomic E-state index is 13.0. The van der Waals surface area contributed by atoms with Gasteiger partial charge in [-0.1, -0.05) is 6.07 Å². The second kappa shape index (κ2) is 9.38. The van der Waals surface area contributed by atoms with Gasteiger partial charge in [-0.25, -0.2) is 9.78 Å². The van der Waals surface area contributed by atoms with Gasteiger partial charge in [0, 0.05) is 32.1 Å². The fourth-order valence-electron chi connectivity index (χ4n) is 3.65. The number of halogens is 3. The van der Waals surface area contributed by atoms with Crippen LogP contribution in [-0.4, -0.2) is 69.0 Å². The van der Waals surface area contributed by atoms with E-state index in [4.69, 9.17) is 19.4 Å². The molecule has 4 heterocycles. The standard InChI is InChI=1S/C18H21N3O3.C2HF3O2/c1-20-10-4-6-14(20)18(22)21-12-15(17-13(21)7-5-11-23-17)24-16-8-2-3-9-19-16;3-2(4,5)1(6)7/h2-4,6,8-10,13,15,17H,5,7,11-12H2,1H3;(H,6,7)/t13-,15+,17+;/m1./s1. The lowest BCUT2D eigenvalue weighted by Gasteiger charge is -2.32. The Morgan fingerprint density at radius 3 is 2.58 bits per heavy atom. The van der Waals surface area contributed by atoms with Crippen molar-refractivity contribution < 1.29 is 37.3 Å². The van der Waals surface area contributed by atoms with Crippen LogP contribution in [0.15, 0.2) is 42.7 Å². The van der Waals surface area contributed by atoms with Crippen LogP contribution < -0.4 is 4.74 Å². The van der Waals surface area contributed by atoms with E-state index in [0.717, 1.165) is 19.4 Å². The summed E-state index contributed by atoms with van der Waals surface area (Å²) in [7, 11) is 1.89. The minimum Gasteiger partial charge on any atom is -0.475 e. The van der Waals surface area contributed by atoms with Crippen LogP contribution in [-0.2, 0) is 16.6 Å². The summed E-state index contributed by atoms with van der Waals surface area (Å²) in [6.07, 6.45) is 0.146. The number of carboxylic acid groups (broad SMARTS) is 1. The Labute approximate surface area is 176 Å². The summed E-state index contributed by atoms with van der Waals surface area (Å²) in [5, 5.41) is 7.12.